The first-order valence-corrected chi connectivity index (χ1v) is 7.16. The summed E-state index contributed by atoms with van der Waals surface area (Å²) in [5, 5.41) is 2.92. The van der Waals surface area contributed by atoms with E-state index in [2.05, 4.69) is 20.0 Å². The fourth-order valence-electron chi connectivity index (χ4n) is 1.55. The van der Waals surface area contributed by atoms with E-state index in [0.29, 0.717) is 25.3 Å². The summed E-state index contributed by atoms with van der Waals surface area (Å²) in [5.41, 5.74) is 6.34. The van der Waals surface area contributed by atoms with Crippen molar-refractivity contribution < 1.29 is 22.6 Å². The first kappa shape index (κ1) is 19.0. The molecule has 9 heteroatoms. The van der Waals surface area contributed by atoms with Crippen LogP contribution in [0.2, 0.25) is 0 Å². The van der Waals surface area contributed by atoms with Gasteiger partial charge in [-0.3, -0.25) is 0 Å². The Balaban J connectivity index is 2.39. The molecule has 0 aliphatic carbocycles. The van der Waals surface area contributed by atoms with Crippen molar-refractivity contribution in [3.05, 3.63) is 23.9 Å². The van der Waals surface area contributed by atoms with Crippen LogP contribution in [0.5, 0.6) is 5.88 Å². The number of alkyl halides is 3. The lowest BCUT2D eigenvalue weighted by atomic mass is 10.3. The van der Waals surface area contributed by atoms with E-state index >= 15 is 0 Å². The van der Waals surface area contributed by atoms with Gasteiger partial charge in [-0.1, -0.05) is 0 Å². The van der Waals surface area contributed by atoms with Gasteiger partial charge < -0.3 is 20.5 Å². The second-order valence-electron chi connectivity index (χ2n) is 4.58. The Labute approximate surface area is 132 Å². The Kier molecular flexibility index (Phi) is 8.17. The predicted molar refractivity (Wildman–Crippen MR) is 80.2 cm³/mol. The van der Waals surface area contributed by atoms with Gasteiger partial charge in [-0.25, -0.2) is 9.98 Å². The average molecular weight is 334 g/mol. The molecule has 0 atom stereocenters. The van der Waals surface area contributed by atoms with Gasteiger partial charge in [0, 0.05) is 32.0 Å². The monoisotopic (exact) mass is 334 g/mol. The zero-order valence-corrected chi connectivity index (χ0v) is 12.9. The number of nitrogens with one attached hydrogen (secondary N) is 1. The van der Waals surface area contributed by atoms with Crippen LogP contribution in [-0.4, -0.2) is 43.5 Å². The number of rotatable bonds is 9. The fraction of sp³-hybridized carbons (Fsp3) is 0.571. The zero-order valence-electron chi connectivity index (χ0n) is 12.9. The number of aromatic nitrogens is 1. The van der Waals surface area contributed by atoms with Gasteiger partial charge in [-0.05, 0) is 25.0 Å². The Morgan fingerprint density at radius 3 is 2.91 bits per heavy atom. The van der Waals surface area contributed by atoms with Crippen LogP contribution in [-0.2, 0) is 11.3 Å². The van der Waals surface area contributed by atoms with Crippen LogP contribution >= 0.6 is 0 Å². The Morgan fingerprint density at radius 1 is 1.43 bits per heavy atom. The summed E-state index contributed by atoms with van der Waals surface area (Å²) < 4.78 is 46.0. The maximum absolute atomic E-state index is 12.1. The summed E-state index contributed by atoms with van der Waals surface area (Å²) in [4.78, 5) is 7.82. The molecule has 0 saturated carbocycles. The predicted octanol–water partition coefficient (Wildman–Crippen LogP) is 1.85. The van der Waals surface area contributed by atoms with Crippen molar-refractivity contribution in [2.75, 3.05) is 26.4 Å². The highest BCUT2D eigenvalue weighted by Gasteiger charge is 2.28. The number of ether oxygens (including phenoxy) is 2. The van der Waals surface area contributed by atoms with Crippen LogP contribution in [0, 0.1) is 0 Å². The highest BCUT2D eigenvalue weighted by atomic mass is 19.4. The minimum atomic E-state index is -4.40. The van der Waals surface area contributed by atoms with Crippen LogP contribution in [0.25, 0.3) is 0 Å². The van der Waals surface area contributed by atoms with Crippen LogP contribution in [0.1, 0.15) is 18.9 Å². The molecule has 0 spiro atoms. The normalized spacial score (nSPS) is 12.3. The molecular weight excluding hydrogens is 313 g/mol. The number of hydrogen-bond donors (Lipinski definition) is 2. The number of nitrogens with zero attached hydrogens (tertiary/aromatic N) is 2. The van der Waals surface area contributed by atoms with E-state index in [-0.39, 0.29) is 18.4 Å². The standard InChI is InChI=1S/C14H21F3N4O2/c1-2-22-7-3-5-20-13(18)21-9-11-4-6-19-12(8-11)23-10-14(15,16)17/h4,6,8H,2-3,5,7,9-10H2,1H3,(H3,18,20,21). The summed E-state index contributed by atoms with van der Waals surface area (Å²) in [7, 11) is 0. The van der Waals surface area contributed by atoms with Crippen molar-refractivity contribution in [2.45, 2.75) is 26.1 Å². The van der Waals surface area contributed by atoms with Crippen molar-refractivity contribution in [2.24, 2.45) is 10.7 Å². The van der Waals surface area contributed by atoms with Gasteiger partial charge in [-0.15, -0.1) is 0 Å². The Morgan fingerprint density at radius 2 is 2.22 bits per heavy atom. The molecule has 1 aromatic heterocycles. The van der Waals surface area contributed by atoms with Crippen LogP contribution in [0.4, 0.5) is 13.2 Å². The highest BCUT2D eigenvalue weighted by Crippen LogP contribution is 2.17. The van der Waals surface area contributed by atoms with Gasteiger partial charge in [0.15, 0.2) is 12.6 Å². The van der Waals surface area contributed by atoms with E-state index in [0.717, 1.165) is 6.42 Å². The molecule has 0 bridgehead atoms. The third kappa shape index (κ3) is 9.56. The van der Waals surface area contributed by atoms with E-state index in [4.69, 9.17) is 10.5 Å². The minimum Gasteiger partial charge on any atom is -0.468 e. The van der Waals surface area contributed by atoms with E-state index in [1.165, 1.54) is 12.3 Å². The van der Waals surface area contributed by atoms with Crippen molar-refractivity contribution in [3.63, 3.8) is 0 Å². The number of hydrogen-bond acceptors (Lipinski definition) is 4. The molecule has 0 amide bonds. The van der Waals surface area contributed by atoms with Crippen molar-refractivity contribution in [1.29, 1.82) is 0 Å². The molecule has 1 heterocycles. The SMILES string of the molecule is CCOCCCNC(N)=NCc1ccnc(OCC(F)(F)F)c1. The topological polar surface area (TPSA) is 81.8 Å². The minimum absolute atomic E-state index is 0.0988. The lowest BCUT2D eigenvalue weighted by Gasteiger charge is -2.09. The van der Waals surface area contributed by atoms with Crippen molar-refractivity contribution in [3.8, 4) is 5.88 Å². The molecule has 1 rings (SSSR count). The van der Waals surface area contributed by atoms with Gasteiger partial charge in [0.05, 0.1) is 6.54 Å². The maximum Gasteiger partial charge on any atom is 0.422 e. The molecule has 0 fully saturated rings. The van der Waals surface area contributed by atoms with E-state index in [9.17, 15) is 13.2 Å². The molecule has 23 heavy (non-hydrogen) atoms. The van der Waals surface area contributed by atoms with Crippen LogP contribution in [0.3, 0.4) is 0 Å². The third-order valence-corrected chi connectivity index (χ3v) is 2.59. The molecule has 0 saturated heterocycles. The van der Waals surface area contributed by atoms with Crippen LogP contribution < -0.4 is 15.8 Å². The summed E-state index contributed by atoms with van der Waals surface area (Å²) in [6, 6.07) is 3.03. The zero-order chi connectivity index (χ0) is 17.1. The summed E-state index contributed by atoms with van der Waals surface area (Å²) in [6.45, 7) is 2.70. The first-order chi connectivity index (χ1) is 10.9. The highest BCUT2D eigenvalue weighted by molar-refractivity contribution is 5.77. The second kappa shape index (κ2) is 9.88. The van der Waals surface area contributed by atoms with Gasteiger partial charge in [0.25, 0.3) is 0 Å². The molecular formula is C14H21F3N4O2. The van der Waals surface area contributed by atoms with E-state index in [1.807, 2.05) is 6.92 Å². The van der Waals surface area contributed by atoms with Crippen molar-refractivity contribution >= 4 is 5.96 Å². The quantitative estimate of drug-likeness (QED) is 0.409. The molecule has 0 radical (unpaired) electrons. The van der Waals surface area contributed by atoms with Gasteiger partial charge >= 0.3 is 6.18 Å². The molecule has 0 aliphatic heterocycles. The number of aliphatic imine (C=N–C) groups is 1. The van der Waals surface area contributed by atoms with Gasteiger partial charge in [0.2, 0.25) is 5.88 Å². The summed E-state index contributed by atoms with van der Waals surface area (Å²) >= 11 is 0. The Bertz CT molecular complexity index is 495. The number of halogens is 3. The molecule has 0 unspecified atom stereocenters. The first-order valence-electron chi connectivity index (χ1n) is 7.16. The maximum atomic E-state index is 12.1. The Hall–Kier alpha value is -2.03. The van der Waals surface area contributed by atoms with E-state index < -0.39 is 12.8 Å². The van der Waals surface area contributed by atoms with E-state index in [1.54, 1.807) is 6.07 Å². The molecule has 0 aromatic carbocycles. The number of pyridine rings is 1. The number of guanidine groups is 1. The smallest absolute Gasteiger partial charge is 0.422 e. The van der Waals surface area contributed by atoms with Crippen LogP contribution in [0.15, 0.2) is 23.3 Å². The molecule has 0 aliphatic rings. The van der Waals surface area contributed by atoms with Gasteiger partial charge in [-0.2, -0.15) is 13.2 Å². The van der Waals surface area contributed by atoms with Gasteiger partial charge in [0.1, 0.15) is 0 Å². The fourth-order valence-corrected chi connectivity index (χ4v) is 1.55. The molecule has 3 N–H and O–H groups in total. The summed E-state index contributed by atoms with van der Waals surface area (Å²) in [6.07, 6.45) is -2.23. The largest absolute Gasteiger partial charge is 0.468 e. The number of nitrogens with two attached hydrogens (primary N) is 1. The molecule has 130 valence electrons. The lowest BCUT2D eigenvalue weighted by molar-refractivity contribution is -0.154. The van der Waals surface area contributed by atoms with Crippen molar-refractivity contribution in [1.82, 2.24) is 10.3 Å². The lowest BCUT2D eigenvalue weighted by Crippen LogP contribution is -2.32. The third-order valence-electron chi connectivity index (χ3n) is 2.59. The molecule has 6 nitrogen and oxygen atoms in total. The second-order valence-corrected chi connectivity index (χ2v) is 4.58. The molecule has 1 aromatic rings. The average Bonchev–Trinajstić information content (AvgIpc) is 2.50. The summed E-state index contributed by atoms with van der Waals surface area (Å²) in [5.74, 6) is 0.161.